The summed E-state index contributed by atoms with van der Waals surface area (Å²) in [6.07, 6.45) is 1.48. The van der Waals surface area contributed by atoms with Crippen molar-refractivity contribution in [2.45, 2.75) is 0 Å². The highest BCUT2D eigenvalue weighted by molar-refractivity contribution is 6.31. The van der Waals surface area contributed by atoms with E-state index in [4.69, 9.17) is 16.3 Å². The van der Waals surface area contributed by atoms with Gasteiger partial charge in [-0.05, 0) is 30.3 Å². The summed E-state index contributed by atoms with van der Waals surface area (Å²) in [6, 6.07) is 13.6. The predicted molar refractivity (Wildman–Crippen MR) is 80.2 cm³/mol. The molecule has 0 saturated heterocycles. The average molecular weight is 300 g/mol. The lowest BCUT2D eigenvalue weighted by Crippen LogP contribution is -2.05. The van der Waals surface area contributed by atoms with Crippen LogP contribution in [-0.4, -0.2) is 17.0 Å². The Morgan fingerprint density at radius 2 is 1.95 bits per heavy atom. The third kappa shape index (κ3) is 2.80. The Morgan fingerprint density at radius 1 is 1.14 bits per heavy atom. The first-order chi connectivity index (χ1) is 10.1. The molecule has 1 N–H and O–H groups in total. The van der Waals surface area contributed by atoms with Gasteiger partial charge in [-0.25, -0.2) is 9.79 Å². The van der Waals surface area contributed by atoms with Gasteiger partial charge in [0.25, 0.3) is 0 Å². The smallest absolute Gasteiger partial charge is 0.363 e. The molecule has 1 aliphatic rings. The SMILES string of the molecule is O=C1OC(c2cccc(Cl)c2)=NC1=Cc1ccccc1O. The molecule has 0 radical (unpaired) electrons. The lowest BCUT2D eigenvalue weighted by Gasteiger charge is -1.99. The van der Waals surface area contributed by atoms with Crippen LogP contribution in [0.1, 0.15) is 11.1 Å². The number of nitrogens with zero attached hydrogens (tertiary/aromatic N) is 1. The molecule has 0 unspecified atom stereocenters. The number of hydrogen-bond acceptors (Lipinski definition) is 4. The molecule has 0 amide bonds. The first-order valence-corrected chi connectivity index (χ1v) is 6.58. The molecule has 0 aromatic heterocycles. The minimum atomic E-state index is -0.562. The Bertz CT molecular complexity index is 781. The van der Waals surface area contributed by atoms with Crippen molar-refractivity contribution in [2.24, 2.45) is 4.99 Å². The molecule has 1 heterocycles. The molecule has 2 aromatic carbocycles. The standard InChI is InChI=1S/C16H10ClNO3/c17-12-6-3-5-11(8-12)15-18-13(16(20)21-15)9-10-4-1-2-7-14(10)19/h1-9,19H. The van der Waals surface area contributed by atoms with Crippen LogP contribution in [0.2, 0.25) is 5.02 Å². The number of benzene rings is 2. The molecule has 0 atom stereocenters. The van der Waals surface area contributed by atoms with Crippen LogP contribution in [0.15, 0.2) is 59.2 Å². The van der Waals surface area contributed by atoms with Crippen LogP contribution in [-0.2, 0) is 9.53 Å². The van der Waals surface area contributed by atoms with Crippen molar-refractivity contribution in [2.75, 3.05) is 0 Å². The van der Waals surface area contributed by atoms with E-state index in [1.54, 1.807) is 42.5 Å². The van der Waals surface area contributed by atoms with E-state index in [1.165, 1.54) is 12.1 Å². The molecule has 1 aliphatic heterocycles. The summed E-state index contributed by atoms with van der Waals surface area (Å²) in [6.45, 7) is 0. The van der Waals surface area contributed by atoms with E-state index in [1.807, 2.05) is 0 Å². The second kappa shape index (κ2) is 5.42. The molecule has 0 fully saturated rings. The first kappa shape index (κ1) is 13.4. The highest BCUT2D eigenvalue weighted by atomic mass is 35.5. The molecule has 5 heteroatoms. The van der Waals surface area contributed by atoms with E-state index in [9.17, 15) is 9.90 Å². The van der Waals surface area contributed by atoms with Crippen LogP contribution >= 0.6 is 11.6 Å². The van der Waals surface area contributed by atoms with Crippen molar-refractivity contribution in [1.82, 2.24) is 0 Å². The minimum Gasteiger partial charge on any atom is -0.507 e. The number of phenols is 1. The van der Waals surface area contributed by atoms with Crippen LogP contribution < -0.4 is 0 Å². The predicted octanol–water partition coefficient (Wildman–Crippen LogP) is 3.39. The summed E-state index contributed by atoms with van der Waals surface area (Å²) in [4.78, 5) is 16.0. The normalized spacial score (nSPS) is 16.0. The van der Waals surface area contributed by atoms with E-state index in [2.05, 4.69) is 4.99 Å². The Kier molecular flexibility index (Phi) is 3.46. The van der Waals surface area contributed by atoms with Gasteiger partial charge < -0.3 is 9.84 Å². The van der Waals surface area contributed by atoms with Crippen LogP contribution in [0.25, 0.3) is 6.08 Å². The van der Waals surface area contributed by atoms with Crippen LogP contribution in [0.4, 0.5) is 0 Å². The topological polar surface area (TPSA) is 58.9 Å². The number of carbonyl (C=O) groups is 1. The van der Waals surface area contributed by atoms with Gasteiger partial charge in [0, 0.05) is 16.1 Å². The maximum Gasteiger partial charge on any atom is 0.363 e. The summed E-state index contributed by atoms with van der Waals surface area (Å²) in [5.74, 6) is -0.290. The third-order valence-electron chi connectivity index (χ3n) is 2.92. The maximum atomic E-state index is 11.8. The number of aromatic hydroxyl groups is 1. The molecule has 104 valence electrons. The summed E-state index contributed by atoms with van der Waals surface area (Å²) >= 11 is 5.90. The number of esters is 1. The lowest BCUT2D eigenvalue weighted by atomic mass is 10.1. The number of carbonyl (C=O) groups excluding carboxylic acids is 1. The van der Waals surface area contributed by atoms with Gasteiger partial charge in [0.2, 0.25) is 5.90 Å². The second-order valence-corrected chi connectivity index (χ2v) is 4.84. The fourth-order valence-corrected chi connectivity index (χ4v) is 2.10. The molecular weight excluding hydrogens is 290 g/mol. The van der Waals surface area contributed by atoms with E-state index >= 15 is 0 Å². The zero-order chi connectivity index (χ0) is 14.8. The van der Waals surface area contributed by atoms with Gasteiger partial charge in [-0.1, -0.05) is 35.9 Å². The highest BCUT2D eigenvalue weighted by Gasteiger charge is 2.24. The molecule has 0 bridgehead atoms. The third-order valence-corrected chi connectivity index (χ3v) is 3.16. The minimum absolute atomic E-state index is 0.0733. The van der Waals surface area contributed by atoms with E-state index in [0.29, 0.717) is 16.1 Å². The Balaban J connectivity index is 1.98. The zero-order valence-electron chi connectivity index (χ0n) is 10.8. The quantitative estimate of drug-likeness (QED) is 0.683. The van der Waals surface area contributed by atoms with Crippen LogP contribution in [0.3, 0.4) is 0 Å². The number of rotatable bonds is 2. The highest BCUT2D eigenvalue weighted by Crippen LogP contribution is 2.24. The molecule has 0 aliphatic carbocycles. The second-order valence-electron chi connectivity index (χ2n) is 4.41. The van der Waals surface area contributed by atoms with Gasteiger partial charge in [0.05, 0.1) is 0 Å². The molecule has 3 rings (SSSR count). The number of phenolic OH excluding ortho intramolecular Hbond substituents is 1. The van der Waals surface area contributed by atoms with Gasteiger partial charge in [-0.15, -0.1) is 0 Å². The molecule has 4 nitrogen and oxygen atoms in total. The first-order valence-electron chi connectivity index (χ1n) is 6.20. The lowest BCUT2D eigenvalue weighted by molar-refractivity contribution is -0.129. The molecular formula is C16H10ClNO3. The summed E-state index contributed by atoms with van der Waals surface area (Å²) in [7, 11) is 0. The molecule has 0 spiro atoms. The van der Waals surface area contributed by atoms with E-state index in [-0.39, 0.29) is 17.3 Å². The molecule has 0 saturated carbocycles. The molecule has 2 aromatic rings. The van der Waals surface area contributed by atoms with E-state index in [0.717, 1.165) is 0 Å². The van der Waals surface area contributed by atoms with Crippen LogP contribution in [0.5, 0.6) is 5.75 Å². The fraction of sp³-hybridized carbons (Fsp3) is 0. The number of hydrogen-bond donors (Lipinski definition) is 1. The monoisotopic (exact) mass is 299 g/mol. The van der Waals surface area contributed by atoms with Crippen molar-refractivity contribution in [3.8, 4) is 5.75 Å². The van der Waals surface area contributed by atoms with Crippen molar-refractivity contribution in [1.29, 1.82) is 0 Å². The maximum absolute atomic E-state index is 11.8. The van der Waals surface area contributed by atoms with Crippen molar-refractivity contribution in [3.05, 3.63) is 70.4 Å². The largest absolute Gasteiger partial charge is 0.507 e. The van der Waals surface area contributed by atoms with Gasteiger partial charge in [0.1, 0.15) is 5.75 Å². The van der Waals surface area contributed by atoms with Gasteiger partial charge in [-0.2, -0.15) is 0 Å². The number of para-hydroxylation sites is 1. The zero-order valence-corrected chi connectivity index (χ0v) is 11.5. The van der Waals surface area contributed by atoms with Crippen molar-refractivity contribution < 1.29 is 14.6 Å². The number of aliphatic imine (C=N–C) groups is 1. The van der Waals surface area contributed by atoms with Gasteiger partial charge in [-0.3, -0.25) is 0 Å². The summed E-state index contributed by atoms with van der Waals surface area (Å²) < 4.78 is 5.13. The van der Waals surface area contributed by atoms with Gasteiger partial charge >= 0.3 is 5.97 Å². The average Bonchev–Trinajstić information content (AvgIpc) is 2.83. The Hall–Kier alpha value is -2.59. The number of ether oxygens (including phenoxy) is 1. The molecule has 21 heavy (non-hydrogen) atoms. The van der Waals surface area contributed by atoms with Crippen molar-refractivity contribution >= 4 is 29.5 Å². The summed E-state index contributed by atoms with van der Waals surface area (Å²) in [5, 5.41) is 10.2. The van der Waals surface area contributed by atoms with Crippen molar-refractivity contribution in [3.63, 3.8) is 0 Å². The Labute approximate surface area is 126 Å². The van der Waals surface area contributed by atoms with Crippen LogP contribution in [0, 0.1) is 0 Å². The number of cyclic esters (lactones) is 1. The fourth-order valence-electron chi connectivity index (χ4n) is 1.91. The van der Waals surface area contributed by atoms with Gasteiger partial charge in [0.15, 0.2) is 5.70 Å². The summed E-state index contributed by atoms with van der Waals surface area (Å²) in [5.41, 5.74) is 1.25. The van der Waals surface area contributed by atoms with E-state index < -0.39 is 5.97 Å². The Morgan fingerprint density at radius 3 is 2.71 bits per heavy atom. The number of halogens is 1.